The zero-order valence-electron chi connectivity index (χ0n) is 9.52. The normalized spacial score (nSPS) is 17.9. The van der Waals surface area contributed by atoms with Crippen LogP contribution in [0.3, 0.4) is 0 Å². The smallest absolute Gasteiger partial charge is 0.0475 e. The Morgan fingerprint density at radius 2 is 2.31 bits per heavy atom. The molecule has 86 valence electrons. The fraction of sp³-hybridized carbons (Fsp3) is 0.462. The lowest BCUT2D eigenvalue weighted by atomic mass is 9.92. The first kappa shape index (κ1) is 11.3. The van der Waals surface area contributed by atoms with Gasteiger partial charge in [0.1, 0.15) is 0 Å². The third-order valence-electron chi connectivity index (χ3n) is 3.11. The predicted octanol–water partition coefficient (Wildman–Crippen LogP) is 1.96. The Morgan fingerprint density at radius 3 is 2.94 bits per heavy atom. The van der Waals surface area contributed by atoms with Crippen LogP contribution >= 0.6 is 0 Å². The second-order valence-electron chi connectivity index (χ2n) is 4.27. The molecule has 16 heavy (non-hydrogen) atoms. The maximum atomic E-state index is 5.63. The largest absolute Gasteiger partial charge is 0.271 e. The number of nitrogens with two attached hydrogens (primary N) is 1. The van der Waals surface area contributed by atoms with Crippen molar-refractivity contribution in [3.8, 4) is 0 Å². The topological polar surface area (TPSA) is 50.9 Å². The molecule has 3 nitrogen and oxygen atoms in total. The van der Waals surface area contributed by atoms with Crippen LogP contribution in [0.2, 0.25) is 0 Å². The summed E-state index contributed by atoms with van der Waals surface area (Å²) in [7, 11) is 0. The number of nitrogens with zero attached hydrogens (tertiary/aromatic N) is 1. The first-order valence-electron chi connectivity index (χ1n) is 5.95. The van der Waals surface area contributed by atoms with E-state index in [0.717, 1.165) is 12.1 Å². The van der Waals surface area contributed by atoms with Gasteiger partial charge in [-0.3, -0.25) is 16.3 Å². The van der Waals surface area contributed by atoms with Gasteiger partial charge in [0.25, 0.3) is 0 Å². The first-order chi connectivity index (χ1) is 7.90. The molecule has 0 bridgehead atoms. The van der Waals surface area contributed by atoms with E-state index >= 15 is 0 Å². The third kappa shape index (κ3) is 2.90. The van der Waals surface area contributed by atoms with Crippen LogP contribution in [-0.4, -0.2) is 11.0 Å². The van der Waals surface area contributed by atoms with Gasteiger partial charge in [0, 0.05) is 24.4 Å². The van der Waals surface area contributed by atoms with Gasteiger partial charge in [0.15, 0.2) is 0 Å². The van der Waals surface area contributed by atoms with E-state index in [4.69, 9.17) is 5.84 Å². The molecule has 0 amide bonds. The van der Waals surface area contributed by atoms with Crippen molar-refractivity contribution in [3.63, 3.8) is 0 Å². The molecule has 1 unspecified atom stereocenters. The highest BCUT2D eigenvalue weighted by Crippen LogP contribution is 2.21. The fourth-order valence-electron chi connectivity index (χ4n) is 2.20. The van der Waals surface area contributed by atoms with Crippen molar-refractivity contribution < 1.29 is 0 Å². The molecule has 0 saturated carbocycles. The lowest BCUT2D eigenvalue weighted by Gasteiger charge is -2.22. The van der Waals surface area contributed by atoms with Crippen molar-refractivity contribution in [1.29, 1.82) is 0 Å². The molecule has 3 heteroatoms. The van der Waals surface area contributed by atoms with Crippen LogP contribution in [0.4, 0.5) is 0 Å². The van der Waals surface area contributed by atoms with Gasteiger partial charge in [-0.2, -0.15) is 0 Å². The zero-order valence-corrected chi connectivity index (χ0v) is 9.52. The monoisotopic (exact) mass is 217 g/mol. The Morgan fingerprint density at radius 1 is 1.38 bits per heavy atom. The molecule has 0 spiro atoms. The van der Waals surface area contributed by atoms with Crippen LogP contribution in [0.5, 0.6) is 0 Å². The molecule has 0 aliphatic heterocycles. The highest BCUT2D eigenvalue weighted by Gasteiger charge is 2.15. The Labute approximate surface area is 96.7 Å². The first-order valence-corrected chi connectivity index (χ1v) is 5.95. The van der Waals surface area contributed by atoms with Crippen molar-refractivity contribution in [2.75, 3.05) is 0 Å². The number of rotatable bonds is 4. The maximum absolute atomic E-state index is 5.63. The number of allylic oxidation sites excluding steroid dienone is 1. The molecule has 1 heterocycles. The summed E-state index contributed by atoms with van der Waals surface area (Å²) < 4.78 is 0. The fourth-order valence-corrected chi connectivity index (χ4v) is 2.20. The summed E-state index contributed by atoms with van der Waals surface area (Å²) in [6.45, 7) is 0. The number of pyridine rings is 1. The van der Waals surface area contributed by atoms with E-state index in [1.54, 1.807) is 0 Å². The molecular formula is C13H19N3. The van der Waals surface area contributed by atoms with Crippen LogP contribution in [-0.2, 0) is 6.42 Å². The van der Waals surface area contributed by atoms with Crippen molar-refractivity contribution in [3.05, 3.63) is 41.7 Å². The van der Waals surface area contributed by atoms with E-state index < -0.39 is 0 Å². The minimum Gasteiger partial charge on any atom is -0.271 e. The Balaban J connectivity index is 2.03. The lowest BCUT2D eigenvalue weighted by Crippen LogP contribution is -2.38. The quantitative estimate of drug-likeness (QED) is 0.460. The molecule has 1 aliphatic rings. The SMILES string of the molecule is NNC(Cc1ccccn1)C1=CCCCC1. The van der Waals surface area contributed by atoms with Crippen LogP contribution < -0.4 is 11.3 Å². The third-order valence-corrected chi connectivity index (χ3v) is 3.11. The maximum Gasteiger partial charge on any atom is 0.0475 e. The van der Waals surface area contributed by atoms with E-state index in [-0.39, 0.29) is 6.04 Å². The molecule has 0 aromatic carbocycles. The van der Waals surface area contributed by atoms with Gasteiger partial charge in [-0.05, 0) is 37.8 Å². The summed E-state index contributed by atoms with van der Waals surface area (Å²) in [6.07, 6.45) is 9.99. The highest BCUT2D eigenvalue weighted by molar-refractivity contribution is 5.17. The molecule has 0 fully saturated rings. The van der Waals surface area contributed by atoms with Gasteiger partial charge in [-0.25, -0.2) is 0 Å². The molecule has 1 atom stereocenters. The summed E-state index contributed by atoms with van der Waals surface area (Å²) >= 11 is 0. The molecule has 2 rings (SSSR count). The highest BCUT2D eigenvalue weighted by atomic mass is 15.2. The van der Waals surface area contributed by atoms with Gasteiger partial charge in [-0.15, -0.1) is 0 Å². The van der Waals surface area contributed by atoms with E-state index in [9.17, 15) is 0 Å². The second kappa shape index (κ2) is 5.77. The molecule has 0 saturated heterocycles. The number of aromatic nitrogens is 1. The van der Waals surface area contributed by atoms with Gasteiger partial charge < -0.3 is 0 Å². The van der Waals surface area contributed by atoms with Crippen LogP contribution in [0.25, 0.3) is 0 Å². The van der Waals surface area contributed by atoms with E-state index in [0.29, 0.717) is 0 Å². The van der Waals surface area contributed by atoms with Crippen molar-refractivity contribution in [2.45, 2.75) is 38.1 Å². The van der Waals surface area contributed by atoms with E-state index in [1.807, 2.05) is 24.4 Å². The van der Waals surface area contributed by atoms with Crippen molar-refractivity contribution >= 4 is 0 Å². The van der Waals surface area contributed by atoms with Gasteiger partial charge in [-0.1, -0.05) is 17.7 Å². The number of hydrazine groups is 1. The molecular weight excluding hydrogens is 198 g/mol. The minimum absolute atomic E-state index is 0.246. The van der Waals surface area contributed by atoms with Crippen molar-refractivity contribution in [1.82, 2.24) is 10.4 Å². The molecule has 1 aromatic rings. The second-order valence-corrected chi connectivity index (χ2v) is 4.27. The Bertz CT molecular complexity index is 345. The average molecular weight is 217 g/mol. The number of hydrogen-bond acceptors (Lipinski definition) is 3. The Hall–Kier alpha value is -1.19. The summed E-state index contributed by atoms with van der Waals surface area (Å²) in [6, 6.07) is 6.25. The van der Waals surface area contributed by atoms with Crippen molar-refractivity contribution in [2.24, 2.45) is 5.84 Å². The summed E-state index contributed by atoms with van der Waals surface area (Å²) in [5.74, 6) is 5.63. The molecule has 1 aromatic heterocycles. The van der Waals surface area contributed by atoms with Gasteiger partial charge >= 0.3 is 0 Å². The molecule has 1 aliphatic carbocycles. The van der Waals surface area contributed by atoms with Gasteiger partial charge in [0.2, 0.25) is 0 Å². The van der Waals surface area contributed by atoms with Crippen LogP contribution in [0, 0.1) is 0 Å². The zero-order chi connectivity index (χ0) is 11.2. The predicted molar refractivity (Wildman–Crippen MR) is 65.6 cm³/mol. The lowest BCUT2D eigenvalue weighted by molar-refractivity contribution is 0.538. The summed E-state index contributed by atoms with van der Waals surface area (Å²) in [5, 5.41) is 0. The summed E-state index contributed by atoms with van der Waals surface area (Å²) in [4.78, 5) is 4.34. The Kier molecular flexibility index (Phi) is 4.08. The number of hydrogen-bond donors (Lipinski definition) is 2. The summed E-state index contributed by atoms with van der Waals surface area (Å²) in [5.41, 5.74) is 5.45. The van der Waals surface area contributed by atoms with E-state index in [2.05, 4.69) is 16.5 Å². The number of nitrogens with one attached hydrogen (secondary N) is 1. The van der Waals surface area contributed by atoms with Crippen LogP contribution in [0.15, 0.2) is 36.0 Å². The molecule has 0 radical (unpaired) electrons. The average Bonchev–Trinajstić information content (AvgIpc) is 2.38. The van der Waals surface area contributed by atoms with Gasteiger partial charge in [0.05, 0.1) is 0 Å². The minimum atomic E-state index is 0.246. The van der Waals surface area contributed by atoms with E-state index in [1.165, 1.54) is 31.3 Å². The standard InChI is InChI=1S/C13H19N3/c14-16-13(11-6-2-1-3-7-11)10-12-8-4-5-9-15-12/h4-6,8-9,13,16H,1-3,7,10,14H2. The molecule has 3 N–H and O–H groups in total. The van der Waals surface area contributed by atoms with Crippen LogP contribution in [0.1, 0.15) is 31.4 Å².